The van der Waals surface area contributed by atoms with Gasteiger partial charge in [0, 0.05) is 12.8 Å². The van der Waals surface area contributed by atoms with E-state index in [9.17, 15) is 19.0 Å². The number of hydrogen-bond donors (Lipinski definition) is 0. The van der Waals surface area contributed by atoms with Gasteiger partial charge in [0.05, 0.1) is 27.7 Å². The summed E-state index contributed by atoms with van der Waals surface area (Å²) in [4.78, 5) is 37.9. The molecule has 0 amide bonds. The topological polar surface area (TPSA) is 111 Å². The molecule has 0 bridgehead atoms. The van der Waals surface area contributed by atoms with Gasteiger partial charge in [-0.1, -0.05) is 298 Å². The highest BCUT2D eigenvalue weighted by atomic mass is 31.2. The second-order valence-electron chi connectivity index (χ2n) is 23.1. The summed E-state index contributed by atoms with van der Waals surface area (Å²) < 4.78 is 34.2. The minimum absolute atomic E-state index is 0.0446. The van der Waals surface area contributed by atoms with E-state index in [4.69, 9.17) is 18.5 Å². The maximum atomic E-state index is 12.8. The lowest BCUT2D eigenvalue weighted by Crippen LogP contribution is -2.37. The molecule has 0 rings (SSSR count). The Morgan fingerprint density at radius 3 is 1.06 bits per heavy atom. The molecule has 0 spiro atoms. The van der Waals surface area contributed by atoms with Crippen LogP contribution >= 0.6 is 7.82 Å². The molecule has 458 valence electrons. The summed E-state index contributed by atoms with van der Waals surface area (Å²) in [6.45, 7) is 4.09. The van der Waals surface area contributed by atoms with Crippen molar-refractivity contribution >= 4 is 19.8 Å². The van der Waals surface area contributed by atoms with Crippen LogP contribution in [0, 0.1) is 0 Å². The van der Waals surface area contributed by atoms with E-state index < -0.39 is 32.5 Å². The molecule has 0 saturated heterocycles. The average Bonchev–Trinajstić information content (AvgIpc) is 3.41. The summed E-state index contributed by atoms with van der Waals surface area (Å²) in [6, 6.07) is 0. The minimum atomic E-state index is -4.66. The molecule has 0 N–H and O–H groups in total. The van der Waals surface area contributed by atoms with Gasteiger partial charge in [0.15, 0.2) is 6.10 Å². The standard InChI is InChI=1S/C69H124NO8P/c1-6-8-10-12-14-16-18-20-22-24-26-28-30-31-32-33-34-35-36-37-38-40-41-43-45-47-49-51-53-55-57-59-61-68(71)75-65-67(66-77-79(73,74)76-64-63-70(3,4)5)78-69(72)62-60-58-56-54-52-50-48-46-44-42-39-29-27-25-23-21-19-17-15-13-11-9-7-2/h9,11,15,17,21,23,27,29,42,44,48,50,54,56,67H,6-8,10,12-14,16,18-20,22,24-26,28,30-41,43,45-47,49,51-53,55,57-66H2,1-5H3/b11-9-,17-15-,23-21-,29-27-,44-42-,50-48-,56-54-. The lowest BCUT2D eigenvalue weighted by atomic mass is 10.0. The maximum Gasteiger partial charge on any atom is 0.306 e. The smallest absolute Gasteiger partial charge is 0.306 e. The molecule has 0 heterocycles. The number of esters is 2. The number of likely N-dealkylation sites (N-methyl/N-ethyl adjacent to an activating group) is 1. The van der Waals surface area contributed by atoms with Crippen molar-refractivity contribution in [2.75, 3.05) is 47.5 Å². The number of hydrogen-bond acceptors (Lipinski definition) is 8. The Balaban J connectivity index is 4.10. The molecule has 2 atom stereocenters. The van der Waals surface area contributed by atoms with Crippen LogP contribution in [-0.4, -0.2) is 70.0 Å². The molecule has 9 nitrogen and oxygen atoms in total. The fourth-order valence-electron chi connectivity index (χ4n) is 9.18. The Morgan fingerprint density at radius 2 is 0.722 bits per heavy atom. The maximum absolute atomic E-state index is 12.8. The van der Waals surface area contributed by atoms with Crippen LogP contribution in [0.4, 0.5) is 0 Å². The van der Waals surface area contributed by atoms with E-state index in [1.54, 1.807) is 0 Å². The number of carbonyl (C=O) groups excluding carboxylic acids is 2. The van der Waals surface area contributed by atoms with E-state index in [1.165, 1.54) is 186 Å². The first-order valence-corrected chi connectivity index (χ1v) is 34.3. The van der Waals surface area contributed by atoms with Crippen molar-refractivity contribution in [1.29, 1.82) is 0 Å². The van der Waals surface area contributed by atoms with Crippen LogP contribution < -0.4 is 4.89 Å². The van der Waals surface area contributed by atoms with Crippen LogP contribution in [0.2, 0.25) is 0 Å². The molecular formula is C69H124NO8P. The lowest BCUT2D eigenvalue weighted by Gasteiger charge is -2.28. The normalized spacial score (nSPS) is 13.7. The van der Waals surface area contributed by atoms with Crippen molar-refractivity contribution in [2.45, 2.75) is 296 Å². The molecular weight excluding hydrogens is 1000 g/mol. The van der Waals surface area contributed by atoms with Gasteiger partial charge in [-0.15, -0.1) is 0 Å². The first kappa shape index (κ1) is 76.2. The predicted molar refractivity (Wildman–Crippen MR) is 337 cm³/mol. The van der Waals surface area contributed by atoms with E-state index in [0.29, 0.717) is 23.9 Å². The highest BCUT2D eigenvalue weighted by Crippen LogP contribution is 2.38. The zero-order chi connectivity index (χ0) is 57.7. The van der Waals surface area contributed by atoms with Crippen LogP contribution in [0.1, 0.15) is 290 Å². The fraction of sp³-hybridized carbons (Fsp3) is 0.768. The number of quaternary nitrogens is 1. The molecule has 0 radical (unpaired) electrons. The molecule has 79 heavy (non-hydrogen) atoms. The molecule has 2 unspecified atom stereocenters. The highest BCUT2D eigenvalue weighted by Gasteiger charge is 2.22. The quantitative estimate of drug-likeness (QED) is 0.0195. The number of unbranched alkanes of at least 4 members (excludes halogenated alkanes) is 32. The van der Waals surface area contributed by atoms with Crippen LogP contribution in [0.3, 0.4) is 0 Å². The lowest BCUT2D eigenvalue weighted by molar-refractivity contribution is -0.870. The minimum Gasteiger partial charge on any atom is -0.756 e. The Labute approximate surface area is 488 Å². The van der Waals surface area contributed by atoms with Gasteiger partial charge in [-0.3, -0.25) is 14.2 Å². The van der Waals surface area contributed by atoms with Crippen LogP contribution in [0.25, 0.3) is 0 Å². The van der Waals surface area contributed by atoms with E-state index >= 15 is 0 Å². The van der Waals surface area contributed by atoms with E-state index in [2.05, 4.69) is 92.8 Å². The summed E-state index contributed by atoms with van der Waals surface area (Å²) in [5, 5.41) is 0. The summed E-state index contributed by atoms with van der Waals surface area (Å²) in [5.41, 5.74) is 0. The molecule has 0 aromatic rings. The Morgan fingerprint density at radius 1 is 0.405 bits per heavy atom. The number of ether oxygens (including phenoxy) is 2. The van der Waals surface area contributed by atoms with Gasteiger partial charge < -0.3 is 27.9 Å². The summed E-state index contributed by atoms with van der Waals surface area (Å²) in [6.07, 6.45) is 81.1. The van der Waals surface area contributed by atoms with Crippen LogP contribution in [0.5, 0.6) is 0 Å². The summed E-state index contributed by atoms with van der Waals surface area (Å²) in [7, 11) is 1.13. The molecule has 0 fully saturated rings. The summed E-state index contributed by atoms with van der Waals surface area (Å²) in [5.74, 6) is -0.897. The number of carbonyl (C=O) groups is 2. The number of rotatable bonds is 60. The third-order valence-electron chi connectivity index (χ3n) is 14.2. The van der Waals surface area contributed by atoms with E-state index in [0.717, 1.165) is 64.2 Å². The highest BCUT2D eigenvalue weighted by molar-refractivity contribution is 7.45. The zero-order valence-electron chi connectivity index (χ0n) is 52.1. The van der Waals surface area contributed by atoms with Gasteiger partial charge in [0.25, 0.3) is 7.82 Å². The van der Waals surface area contributed by atoms with Crippen molar-refractivity contribution in [2.24, 2.45) is 0 Å². The van der Waals surface area contributed by atoms with Crippen molar-refractivity contribution < 1.29 is 42.1 Å². The second kappa shape index (κ2) is 59.8. The fourth-order valence-corrected chi connectivity index (χ4v) is 9.91. The Hall–Kier alpha value is -2.81. The van der Waals surface area contributed by atoms with Crippen molar-refractivity contribution in [3.8, 4) is 0 Å². The number of phosphoric acid groups is 1. The molecule has 10 heteroatoms. The van der Waals surface area contributed by atoms with Gasteiger partial charge >= 0.3 is 11.9 Å². The van der Waals surface area contributed by atoms with E-state index in [-0.39, 0.29) is 26.1 Å². The van der Waals surface area contributed by atoms with Crippen LogP contribution in [0.15, 0.2) is 85.1 Å². The van der Waals surface area contributed by atoms with Gasteiger partial charge in [0.1, 0.15) is 19.8 Å². The van der Waals surface area contributed by atoms with Crippen LogP contribution in [-0.2, 0) is 32.7 Å². The first-order chi connectivity index (χ1) is 38.5. The molecule has 0 aromatic carbocycles. The largest absolute Gasteiger partial charge is 0.756 e. The third kappa shape index (κ3) is 64.2. The molecule has 0 saturated carbocycles. The van der Waals surface area contributed by atoms with Gasteiger partial charge in [-0.2, -0.15) is 0 Å². The molecule has 0 aliphatic heterocycles. The Kier molecular flexibility index (Phi) is 57.7. The first-order valence-electron chi connectivity index (χ1n) is 32.8. The zero-order valence-corrected chi connectivity index (χ0v) is 52.9. The summed E-state index contributed by atoms with van der Waals surface area (Å²) >= 11 is 0. The second-order valence-corrected chi connectivity index (χ2v) is 24.5. The van der Waals surface area contributed by atoms with Crippen molar-refractivity contribution in [1.82, 2.24) is 0 Å². The molecule has 0 aliphatic rings. The van der Waals surface area contributed by atoms with Gasteiger partial charge in [-0.05, 0) is 64.2 Å². The SMILES string of the molecule is CC/C=C\C/C=C\C/C=C\C/C=C\C/C=C\C/C=C\C/C=C\CCCC(=O)OC(COC(=O)CCCCCCCCCCCCCCCCCCCCCCCCCCCCCCCCCC)COP(=O)([O-])OCC[N+](C)(C)C. The number of phosphoric ester groups is 1. The van der Waals surface area contributed by atoms with Crippen molar-refractivity contribution in [3.05, 3.63) is 85.1 Å². The number of allylic oxidation sites excluding steroid dienone is 14. The van der Waals surface area contributed by atoms with Gasteiger partial charge in [0.2, 0.25) is 0 Å². The van der Waals surface area contributed by atoms with Gasteiger partial charge in [-0.25, -0.2) is 0 Å². The Bertz CT molecular complexity index is 1610. The third-order valence-corrected chi connectivity index (χ3v) is 15.1. The molecule has 0 aliphatic carbocycles. The average molecular weight is 1130 g/mol. The number of nitrogens with zero attached hydrogens (tertiary/aromatic N) is 1. The molecule has 0 aromatic heterocycles. The van der Waals surface area contributed by atoms with Crippen molar-refractivity contribution in [3.63, 3.8) is 0 Å². The monoisotopic (exact) mass is 1130 g/mol. The predicted octanol–water partition coefficient (Wildman–Crippen LogP) is 20.4. The van der Waals surface area contributed by atoms with E-state index in [1.807, 2.05) is 27.2 Å².